The largest absolute Gasteiger partial charge is 0.330 e. The number of Topliss-reactive ketones (excluding diaryl/α,β-unsaturated/α-hetero) is 1. The van der Waals surface area contributed by atoms with E-state index < -0.39 is 0 Å². The van der Waals surface area contributed by atoms with E-state index in [0.29, 0.717) is 13.0 Å². The molecule has 0 unspecified atom stereocenters. The maximum atomic E-state index is 10.7. The van der Waals surface area contributed by atoms with E-state index in [1.807, 2.05) is 13.8 Å². The highest BCUT2D eigenvalue weighted by Gasteiger charge is 2.03. The summed E-state index contributed by atoms with van der Waals surface area (Å²) in [5.41, 5.74) is 5.15. The van der Waals surface area contributed by atoms with Crippen molar-refractivity contribution in [1.29, 1.82) is 0 Å². The van der Waals surface area contributed by atoms with Crippen LogP contribution in [-0.2, 0) is 4.79 Å². The smallest absolute Gasteiger partial charge is 0.136 e. The highest BCUT2D eigenvalue weighted by Crippen LogP contribution is 1.95. The van der Waals surface area contributed by atoms with Crippen molar-refractivity contribution in [3.05, 3.63) is 0 Å². The summed E-state index contributed by atoms with van der Waals surface area (Å²) >= 11 is 0. The molecule has 0 bridgehead atoms. The van der Waals surface area contributed by atoms with Crippen molar-refractivity contribution in [2.75, 3.05) is 6.54 Å². The van der Waals surface area contributed by atoms with Gasteiger partial charge in [-0.05, 0) is 6.54 Å². The predicted octanol–water partition coefficient (Wildman–Crippen LogP) is 0.982. The van der Waals surface area contributed by atoms with Gasteiger partial charge in [0.15, 0.2) is 0 Å². The second-order valence-corrected chi connectivity index (χ2v) is 2.16. The average molecular weight is 152 g/mol. The first-order valence-electron chi connectivity index (χ1n) is 2.91. The summed E-state index contributed by atoms with van der Waals surface area (Å²) in [6, 6.07) is 0. The molecule has 0 aromatic rings. The van der Waals surface area contributed by atoms with Gasteiger partial charge in [-0.25, -0.2) is 0 Å². The van der Waals surface area contributed by atoms with Gasteiger partial charge in [0, 0.05) is 12.3 Å². The Morgan fingerprint density at radius 1 is 1.56 bits per heavy atom. The highest BCUT2D eigenvalue weighted by molar-refractivity contribution is 5.85. The lowest BCUT2D eigenvalue weighted by atomic mass is 10.1. The quantitative estimate of drug-likeness (QED) is 0.654. The first kappa shape index (κ1) is 11.7. The Morgan fingerprint density at radius 3 is 2.11 bits per heavy atom. The van der Waals surface area contributed by atoms with Gasteiger partial charge in [-0.15, -0.1) is 12.4 Å². The molecule has 9 heavy (non-hydrogen) atoms. The highest BCUT2D eigenvalue weighted by atomic mass is 35.5. The van der Waals surface area contributed by atoms with Crippen LogP contribution in [0.5, 0.6) is 0 Å². The van der Waals surface area contributed by atoms with Gasteiger partial charge in [0.05, 0.1) is 0 Å². The zero-order valence-electron chi connectivity index (χ0n) is 5.89. The molecule has 0 saturated carbocycles. The van der Waals surface area contributed by atoms with Crippen LogP contribution in [0.25, 0.3) is 0 Å². The third-order valence-corrected chi connectivity index (χ3v) is 1.03. The van der Waals surface area contributed by atoms with Crippen LogP contribution in [0.2, 0.25) is 0 Å². The number of nitrogens with two attached hydrogens (primary N) is 1. The standard InChI is InChI=1S/C6H13NO.ClH/c1-5(2)6(8)3-4-7;/h5H,3-4,7H2,1-2H3;1H. The molecule has 0 spiro atoms. The maximum Gasteiger partial charge on any atom is 0.136 e. The molecule has 0 heterocycles. The molecule has 3 heteroatoms. The molecule has 0 radical (unpaired) electrons. The van der Waals surface area contributed by atoms with Crippen LogP contribution in [0, 0.1) is 5.92 Å². The topological polar surface area (TPSA) is 43.1 Å². The SMILES string of the molecule is CC(C)C(=O)CCN.Cl. The van der Waals surface area contributed by atoms with Crippen LogP contribution in [-0.4, -0.2) is 12.3 Å². The number of halogens is 1. The van der Waals surface area contributed by atoms with Crippen LogP contribution in [0.3, 0.4) is 0 Å². The Kier molecular flexibility index (Phi) is 7.85. The minimum Gasteiger partial charge on any atom is -0.330 e. The molecule has 0 saturated heterocycles. The van der Waals surface area contributed by atoms with Crippen molar-refractivity contribution < 1.29 is 4.79 Å². The summed E-state index contributed by atoms with van der Waals surface area (Å²) in [5.74, 6) is 0.408. The molecule has 0 aliphatic rings. The molecule has 0 rings (SSSR count). The number of carbonyl (C=O) groups excluding carboxylic acids is 1. The lowest BCUT2D eigenvalue weighted by Gasteiger charge is -1.98. The summed E-state index contributed by atoms with van der Waals surface area (Å²) in [4.78, 5) is 10.7. The number of hydrogen-bond acceptors (Lipinski definition) is 2. The summed E-state index contributed by atoms with van der Waals surface area (Å²) in [6.07, 6.45) is 0.525. The van der Waals surface area contributed by atoms with Gasteiger partial charge in [0.2, 0.25) is 0 Å². The summed E-state index contributed by atoms with van der Waals surface area (Å²) < 4.78 is 0. The third-order valence-electron chi connectivity index (χ3n) is 1.03. The molecule has 0 fully saturated rings. The molecule has 0 aliphatic heterocycles. The summed E-state index contributed by atoms with van der Waals surface area (Å²) in [6.45, 7) is 4.26. The van der Waals surface area contributed by atoms with Gasteiger partial charge >= 0.3 is 0 Å². The Hall–Kier alpha value is -0.0800. The Balaban J connectivity index is 0. The van der Waals surface area contributed by atoms with Crippen molar-refractivity contribution in [3.8, 4) is 0 Å². The fourth-order valence-corrected chi connectivity index (χ4v) is 0.431. The molecule has 2 nitrogen and oxygen atoms in total. The number of rotatable bonds is 3. The van der Waals surface area contributed by atoms with E-state index in [1.165, 1.54) is 0 Å². The third kappa shape index (κ3) is 5.80. The first-order valence-corrected chi connectivity index (χ1v) is 2.91. The second-order valence-electron chi connectivity index (χ2n) is 2.16. The Labute approximate surface area is 62.2 Å². The predicted molar refractivity (Wildman–Crippen MR) is 40.8 cm³/mol. The lowest BCUT2D eigenvalue weighted by molar-refractivity contribution is -0.121. The molecular weight excluding hydrogens is 138 g/mol. The van der Waals surface area contributed by atoms with E-state index in [0.717, 1.165) is 0 Å². The molecule has 2 N–H and O–H groups in total. The van der Waals surface area contributed by atoms with E-state index in [4.69, 9.17) is 5.73 Å². The average Bonchev–Trinajstić information content (AvgIpc) is 1.67. The molecule has 0 aromatic carbocycles. The molecule has 0 aliphatic carbocycles. The van der Waals surface area contributed by atoms with Crippen LogP contribution >= 0.6 is 12.4 Å². The number of ketones is 1. The fourth-order valence-electron chi connectivity index (χ4n) is 0.431. The van der Waals surface area contributed by atoms with Crippen LogP contribution in [0.1, 0.15) is 20.3 Å². The van der Waals surface area contributed by atoms with Crippen LogP contribution < -0.4 is 5.73 Å². The lowest BCUT2D eigenvalue weighted by Crippen LogP contribution is -2.12. The van der Waals surface area contributed by atoms with E-state index in [9.17, 15) is 4.79 Å². The van der Waals surface area contributed by atoms with Crippen molar-refractivity contribution in [2.24, 2.45) is 11.7 Å². The molecule has 0 amide bonds. The van der Waals surface area contributed by atoms with E-state index >= 15 is 0 Å². The van der Waals surface area contributed by atoms with Crippen LogP contribution in [0.15, 0.2) is 0 Å². The van der Waals surface area contributed by atoms with E-state index in [2.05, 4.69) is 0 Å². The fraction of sp³-hybridized carbons (Fsp3) is 0.833. The van der Waals surface area contributed by atoms with Gasteiger partial charge in [-0.3, -0.25) is 4.79 Å². The monoisotopic (exact) mass is 151 g/mol. The molecular formula is C6H14ClNO. The Morgan fingerprint density at radius 2 is 2.00 bits per heavy atom. The zero-order chi connectivity index (χ0) is 6.57. The second kappa shape index (κ2) is 6.05. The minimum atomic E-state index is 0. The van der Waals surface area contributed by atoms with Crippen molar-refractivity contribution >= 4 is 18.2 Å². The molecule has 0 atom stereocenters. The Bertz CT molecular complexity index is 83.1. The van der Waals surface area contributed by atoms with Crippen molar-refractivity contribution in [2.45, 2.75) is 20.3 Å². The van der Waals surface area contributed by atoms with E-state index in [1.54, 1.807) is 0 Å². The molecule has 56 valence electrons. The zero-order valence-corrected chi connectivity index (χ0v) is 6.70. The van der Waals surface area contributed by atoms with Gasteiger partial charge in [-0.2, -0.15) is 0 Å². The molecule has 0 aromatic heterocycles. The first-order chi connectivity index (χ1) is 3.68. The van der Waals surface area contributed by atoms with E-state index in [-0.39, 0.29) is 24.1 Å². The van der Waals surface area contributed by atoms with Crippen molar-refractivity contribution in [1.82, 2.24) is 0 Å². The number of hydrogen-bond donors (Lipinski definition) is 1. The maximum absolute atomic E-state index is 10.7. The van der Waals surface area contributed by atoms with Gasteiger partial charge in [0.1, 0.15) is 5.78 Å². The van der Waals surface area contributed by atoms with Crippen LogP contribution in [0.4, 0.5) is 0 Å². The summed E-state index contributed by atoms with van der Waals surface area (Å²) in [7, 11) is 0. The van der Waals surface area contributed by atoms with Gasteiger partial charge < -0.3 is 5.73 Å². The normalized spacial score (nSPS) is 8.89. The number of carbonyl (C=O) groups is 1. The van der Waals surface area contributed by atoms with Gasteiger partial charge in [0.25, 0.3) is 0 Å². The van der Waals surface area contributed by atoms with Gasteiger partial charge in [-0.1, -0.05) is 13.8 Å². The summed E-state index contributed by atoms with van der Waals surface area (Å²) in [5, 5.41) is 0. The minimum absolute atomic E-state index is 0. The van der Waals surface area contributed by atoms with Crippen molar-refractivity contribution in [3.63, 3.8) is 0 Å².